The van der Waals surface area contributed by atoms with Crippen molar-refractivity contribution in [3.05, 3.63) is 237 Å². The summed E-state index contributed by atoms with van der Waals surface area (Å²) in [5.41, 5.74) is 6.65. The zero-order valence-electron chi connectivity index (χ0n) is 37.4. The molecule has 11 heteroatoms. The van der Waals surface area contributed by atoms with Gasteiger partial charge in [0.25, 0.3) is 11.6 Å². The Balaban J connectivity index is 1.17. The Kier molecular flexibility index (Phi) is 6.86. The van der Waals surface area contributed by atoms with Gasteiger partial charge in [0, 0.05) is 54.6 Å². The molecular weight excluding hydrogens is 875 g/mol. The lowest BCUT2D eigenvalue weighted by molar-refractivity contribution is 0.472. The Hall–Kier alpha value is -9.74. The van der Waals surface area contributed by atoms with Crippen LogP contribution in [0.2, 0.25) is 0 Å². The number of hydrogen-bond acceptors (Lipinski definition) is 8. The summed E-state index contributed by atoms with van der Waals surface area (Å²) in [5, 5.41) is 15.7. The molecule has 4 aliphatic rings. The fourth-order valence-electron chi connectivity index (χ4n) is 11.5. The van der Waals surface area contributed by atoms with Crippen molar-refractivity contribution in [1.29, 1.82) is 0 Å². The number of hydrogen-bond donors (Lipinski definition) is 3. The smallest absolute Gasteiger partial charge is 0.278 e. The van der Waals surface area contributed by atoms with Crippen LogP contribution in [0, 0.1) is 0 Å². The molecule has 2 spiro atoms. The fourth-order valence-corrected chi connectivity index (χ4v) is 11.5. The van der Waals surface area contributed by atoms with Crippen LogP contribution in [-0.4, -0.2) is 26.6 Å². The molecule has 10 aromatic carbocycles. The van der Waals surface area contributed by atoms with Crippen LogP contribution < -0.4 is 32.9 Å². The highest BCUT2D eigenvalue weighted by Gasteiger charge is 2.44. The molecule has 0 fully saturated rings. The van der Waals surface area contributed by atoms with E-state index in [1.165, 1.54) is 0 Å². The highest BCUT2D eigenvalue weighted by atomic mass is 15.3. The predicted octanol–water partition coefficient (Wildman–Crippen LogP) is 9.18. The van der Waals surface area contributed by atoms with Crippen molar-refractivity contribution < 1.29 is 0 Å². The Morgan fingerprint density at radius 2 is 0.493 bits per heavy atom. The molecule has 2 unspecified atom stereocenters. The van der Waals surface area contributed by atoms with E-state index < -0.39 is 11.6 Å². The van der Waals surface area contributed by atoms with Gasteiger partial charge < -0.3 is 15.0 Å². The predicted molar refractivity (Wildman–Crippen MR) is 279 cm³/mol. The SMILES string of the molecule is c1ccc2cc3c(cc2c1)C1=NC32N=c3[nH]c(c4cc5ccccc5cc34)=NC3=NC(N=c4[nH]c(c5cc6ccccc6cc45)=N1)(N=c1[nH]c(c4cc5ccccc5cc14)=N2)c1cc2ccccc2cc13. The van der Waals surface area contributed by atoms with Gasteiger partial charge >= 0.3 is 0 Å². The Bertz CT molecular complexity index is 4830. The Morgan fingerprint density at radius 3 is 0.789 bits per heavy atom. The third kappa shape index (κ3) is 5.15. The van der Waals surface area contributed by atoms with E-state index in [1.807, 2.05) is 0 Å². The molecule has 11 nitrogen and oxygen atoms in total. The van der Waals surface area contributed by atoms with Crippen molar-refractivity contribution in [2.24, 2.45) is 39.9 Å². The second-order valence-corrected chi connectivity index (χ2v) is 19.0. The number of rotatable bonds is 0. The average molecular weight is 908 g/mol. The second kappa shape index (κ2) is 13.1. The quantitative estimate of drug-likeness (QED) is 0.133. The van der Waals surface area contributed by atoms with Crippen molar-refractivity contribution >= 4 is 97.9 Å². The molecule has 0 saturated heterocycles. The summed E-state index contributed by atoms with van der Waals surface area (Å²) in [6.07, 6.45) is 0. The zero-order chi connectivity index (χ0) is 46.2. The van der Waals surface area contributed by atoms with E-state index in [4.69, 9.17) is 39.9 Å². The van der Waals surface area contributed by atoms with Crippen LogP contribution in [0.1, 0.15) is 22.3 Å². The van der Waals surface area contributed by atoms with Crippen molar-refractivity contribution in [1.82, 2.24) is 15.0 Å². The number of aliphatic imine (C=N–C) groups is 2. The summed E-state index contributed by atoms with van der Waals surface area (Å²) in [7, 11) is 0. The lowest BCUT2D eigenvalue weighted by Crippen LogP contribution is -2.28. The maximum atomic E-state index is 5.80. The molecule has 10 bridgehead atoms. The van der Waals surface area contributed by atoms with Gasteiger partial charge in [-0.25, -0.2) is 39.9 Å². The highest BCUT2D eigenvalue weighted by Crippen LogP contribution is 2.43. The average Bonchev–Trinajstić information content (AvgIpc) is 4.16. The van der Waals surface area contributed by atoms with Crippen LogP contribution in [0.15, 0.2) is 222 Å². The lowest BCUT2D eigenvalue weighted by Gasteiger charge is -2.18. The van der Waals surface area contributed by atoms with Gasteiger partial charge in [-0.3, -0.25) is 0 Å². The number of aromatic nitrogens is 3. The third-order valence-electron chi connectivity index (χ3n) is 14.9. The fraction of sp³-hybridized carbons (Fsp3) is 0.0333. The lowest BCUT2D eigenvalue weighted by atomic mass is 9.98. The third-order valence-corrected chi connectivity index (χ3v) is 14.9. The Labute approximate surface area is 399 Å². The summed E-state index contributed by atoms with van der Waals surface area (Å²) >= 11 is 0. The molecule has 0 saturated carbocycles. The molecule has 17 rings (SSSR count). The van der Waals surface area contributed by atoms with E-state index in [2.05, 4.69) is 197 Å². The van der Waals surface area contributed by atoms with Gasteiger partial charge in [-0.1, -0.05) is 121 Å². The first-order valence-electron chi connectivity index (χ1n) is 23.7. The van der Waals surface area contributed by atoms with Crippen molar-refractivity contribution in [2.75, 3.05) is 0 Å². The first-order chi connectivity index (χ1) is 35.0. The second-order valence-electron chi connectivity index (χ2n) is 19.0. The molecule has 13 aromatic rings. The number of benzene rings is 10. The van der Waals surface area contributed by atoms with Gasteiger partial charge in [0.05, 0.1) is 0 Å². The van der Waals surface area contributed by atoms with Gasteiger partial charge in [-0.05, 0) is 115 Å². The van der Waals surface area contributed by atoms with E-state index in [0.29, 0.717) is 44.6 Å². The summed E-state index contributed by atoms with van der Waals surface area (Å²) in [4.78, 5) is 56.9. The molecule has 3 N–H and O–H groups in total. The van der Waals surface area contributed by atoms with Crippen molar-refractivity contribution in [3.8, 4) is 0 Å². The van der Waals surface area contributed by atoms with Gasteiger partial charge in [0.1, 0.15) is 32.9 Å². The van der Waals surface area contributed by atoms with E-state index in [9.17, 15) is 0 Å². The van der Waals surface area contributed by atoms with Crippen LogP contribution in [0.5, 0.6) is 0 Å². The number of aromatic amines is 3. The van der Waals surface area contributed by atoms with Crippen LogP contribution in [0.4, 0.5) is 0 Å². The summed E-state index contributed by atoms with van der Waals surface area (Å²) < 4.78 is 0. The summed E-state index contributed by atoms with van der Waals surface area (Å²) in [5.74, 6) is -2.25. The number of amidine groups is 2. The standard InChI is InChI=1S/C60H33N11/c1-3-13-33-23-43-41(21-31(33)11-1)51-61-53(43)66-59-50-30-40-20-10-8-18-38(40)28-48(50)58(71-59)64-52-42-22-32-12-2-4-14-34(32)24-44(42)54(62-52)67-60(49-29-39-19-9-7-17-37(39)27-47(49)57(63-51)70-60)69-56-46-26-36-16-6-5-15-35(36)25-45(46)55(65-56)68-59/h1-30H,(H,65,68,69)(H,61,63,66,70)(H,62,64,67,71). The molecule has 3 aromatic heterocycles. The molecule has 4 aliphatic heterocycles. The first-order valence-corrected chi connectivity index (χ1v) is 23.7. The molecule has 71 heavy (non-hydrogen) atoms. The molecule has 0 amide bonds. The van der Waals surface area contributed by atoms with Crippen LogP contribution in [-0.2, 0) is 11.6 Å². The Morgan fingerprint density at radius 1 is 0.254 bits per heavy atom. The number of nitrogens with zero attached hydrogens (tertiary/aromatic N) is 8. The molecule has 7 heterocycles. The van der Waals surface area contributed by atoms with E-state index in [0.717, 1.165) is 108 Å². The minimum atomic E-state index is -1.61. The maximum Gasteiger partial charge on any atom is 0.278 e. The first kappa shape index (κ1) is 37.3. The van der Waals surface area contributed by atoms with Crippen LogP contribution >= 0.6 is 0 Å². The van der Waals surface area contributed by atoms with E-state index in [-0.39, 0.29) is 0 Å². The van der Waals surface area contributed by atoms with Crippen molar-refractivity contribution in [2.45, 2.75) is 11.6 Å². The monoisotopic (exact) mass is 907 g/mol. The van der Waals surface area contributed by atoms with Gasteiger partial charge in [-0.15, -0.1) is 0 Å². The topological polar surface area (TPSA) is 146 Å². The molecular formula is C60H33N11. The summed E-state index contributed by atoms with van der Waals surface area (Å²) in [6, 6.07) is 63.6. The highest BCUT2D eigenvalue weighted by molar-refractivity contribution is 6.10. The molecule has 2 atom stereocenters. The van der Waals surface area contributed by atoms with E-state index in [1.54, 1.807) is 0 Å². The van der Waals surface area contributed by atoms with Crippen LogP contribution in [0.25, 0.3) is 86.2 Å². The van der Waals surface area contributed by atoms with Crippen LogP contribution in [0.3, 0.4) is 0 Å². The van der Waals surface area contributed by atoms with Gasteiger partial charge in [-0.2, -0.15) is 0 Å². The van der Waals surface area contributed by atoms with Gasteiger partial charge in [0.15, 0.2) is 11.7 Å². The number of nitrogens with one attached hydrogen (secondary N) is 3. The minimum Gasteiger partial charge on any atom is -0.324 e. The molecule has 328 valence electrons. The maximum absolute atomic E-state index is 5.80. The number of H-pyrrole nitrogens is 3. The molecule has 0 radical (unpaired) electrons. The zero-order valence-corrected chi connectivity index (χ0v) is 37.4. The molecule has 0 aliphatic carbocycles. The van der Waals surface area contributed by atoms with Crippen molar-refractivity contribution in [3.63, 3.8) is 0 Å². The normalized spacial score (nSPS) is 18.5. The van der Waals surface area contributed by atoms with E-state index >= 15 is 0 Å². The minimum absolute atomic E-state index is 0.482. The summed E-state index contributed by atoms with van der Waals surface area (Å²) in [6.45, 7) is 0. The largest absolute Gasteiger partial charge is 0.324 e. The number of fused-ring (bicyclic) bond motifs is 20. The van der Waals surface area contributed by atoms with Gasteiger partial charge in [0.2, 0.25) is 0 Å².